The number of hydrogen-bond donors (Lipinski definition) is 1. The van der Waals surface area contributed by atoms with Crippen molar-refractivity contribution in [2.75, 3.05) is 5.32 Å². The van der Waals surface area contributed by atoms with Crippen LogP contribution < -0.4 is 10.9 Å². The molecule has 1 heterocycles. The summed E-state index contributed by atoms with van der Waals surface area (Å²) in [6, 6.07) is 7.28. The van der Waals surface area contributed by atoms with Crippen LogP contribution in [0.5, 0.6) is 0 Å². The van der Waals surface area contributed by atoms with Gasteiger partial charge in [0.15, 0.2) is 5.13 Å². The predicted molar refractivity (Wildman–Crippen MR) is 83.1 cm³/mol. The fraction of sp³-hybridized carbons (Fsp3) is 0.400. The Kier molecular flexibility index (Phi) is 4.49. The van der Waals surface area contributed by atoms with Crippen molar-refractivity contribution in [2.24, 2.45) is 11.8 Å². The van der Waals surface area contributed by atoms with Crippen molar-refractivity contribution < 1.29 is 4.79 Å². The molecule has 2 aromatic rings. The summed E-state index contributed by atoms with van der Waals surface area (Å²) in [4.78, 5) is 27.9. The molecule has 1 N–H and O–H groups in total. The first kappa shape index (κ1) is 14.7. The highest BCUT2D eigenvalue weighted by Gasteiger charge is 2.19. The van der Waals surface area contributed by atoms with Gasteiger partial charge in [-0.25, -0.2) is 0 Å². The largest absolute Gasteiger partial charge is 0.302 e. The minimum atomic E-state index is -0.300. The van der Waals surface area contributed by atoms with Crippen molar-refractivity contribution >= 4 is 32.5 Å². The second-order valence-corrected chi connectivity index (χ2v) is 6.01. The number of nitrogens with zero attached hydrogens (tertiary/aromatic N) is 1. The van der Waals surface area contributed by atoms with Gasteiger partial charge in [-0.2, -0.15) is 4.98 Å². The number of rotatable bonds is 4. The van der Waals surface area contributed by atoms with Crippen molar-refractivity contribution in [1.82, 2.24) is 4.98 Å². The molecule has 0 saturated heterocycles. The van der Waals surface area contributed by atoms with Crippen LogP contribution in [0.25, 0.3) is 10.1 Å². The van der Waals surface area contributed by atoms with E-state index < -0.39 is 0 Å². The normalized spacial score (nSPS) is 13.9. The lowest BCUT2D eigenvalue weighted by Gasteiger charge is -2.17. The summed E-state index contributed by atoms with van der Waals surface area (Å²) < 4.78 is 0.832. The Bertz CT molecular complexity index is 681. The van der Waals surface area contributed by atoms with Gasteiger partial charge < -0.3 is 5.32 Å². The molecule has 20 heavy (non-hydrogen) atoms. The smallest absolute Gasteiger partial charge is 0.281 e. The summed E-state index contributed by atoms with van der Waals surface area (Å²) in [7, 11) is 0. The Morgan fingerprint density at radius 2 is 2.05 bits per heavy atom. The fourth-order valence-corrected chi connectivity index (χ4v) is 2.80. The van der Waals surface area contributed by atoms with E-state index in [1.54, 1.807) is 12.1 Å². The zero-order chi connectivity index (χ0) is 14.7. The maximum Gasteiger partial charge on any atom is 0.281 e. The number of fused-ring (bicyclic) bond motifs is 1. The van der Waals surface area contributed by atoms with Crippen LogP contribution in [0.1, 0.15) is 27.2 Å². The van der Waals surface area contributed by atoms with Crippen LogP contribution >= 0.6 is 11.3 Å². The van der Waals surface area contributed by atoms with Gasteiger partial charge >= 0.3 is 0 Å². The summed E-state index contributed by atoms with van der Waals surface area (Å²) in [6.07, 6.45) is 0.940. The van der Waals surface area contributed by atoms with Crippen LogP contribution in [0, 0.1) is 11.8 Å². The molecule has 1 amide bonds. The van der Waals surface area contributed by atoms with E-state index in [0.29, 0.717) is 16.4 Å². The first-order valence-corrected chi connectivity index (χ1v) is 7.55. The van der Waals surface area contributed by atoms with Gasteiger partial charge in [0, 0.05) is 10.6 Å². The average molecular weight is 290 g/mol. The highest BCUT2D eigenvalue weighted by Crippen LogP contribution is 2.22. The van der Waals surface area contributed by atoms with E-state index >= 15 is 0 Å². The number of aromatic nitrogens is 1. The quantitative estimate of drug-likeness (QED) is 0.940. The van der Waals surface area contributed by atoms with E-state index in [1.165, 1.54) is 11.3 Å². The molecular formula is C15H18N2O2S. The van der Waals surface area contributed by atoms with Gasteiger partial charge in [-0.1, -0.05) is 50.7 Å². The van der Waals surface area contributed by atoms with E-state index in [1.807, 2.05) is 26.0 Å². The Balaban J connectivity index is 2.26. The highest BCUT2D eigenvalue weighted by molar-refractivity contribution is 7.21. The molecule has 4 nitrogen and oxygen atoms in total. The van der Waals surface area contributed by atoms with Gasteiger partial charge in [-0.15, -0.1) is 0 Å². The molecule has 5 heteroatoms. The van der Waals surface area contributed by atoms with Gasteiger partial charge in [0.2, 0.25) is 5.91 Å². The van der Waals surface area contributed by atoms with Gasteiger partial charge in [-0.05, 0) is 18.1 Å². The molecule has 0 aliphatic carbocycles. The first-order chi connectivity index (χ1) is 9.52. The molecule has 2 atom stereocenters. The van der Waals surface area contributed by atoms with Crippen molar-refractivity contribution in [2.45, 2.75) is 27.2 Å². The first-order valence-electron chi connectivity index (χ1n) is 6.73. The van der Waals surface area contributed by atoms with E-state index in [9.17, 15) is 9.59 Å². The molecule has 0 saturated carbocycles. The third-order valence-corrected chi connectivity index (χ3v) is 4.63. The number of benzene rings is 1. The third-order valence-electron chi connectivity index (χ3n) is 3.67. The highest BCUT2D eigenvalue weighted by atomic mass is 32.1. The van der Waals surface area contributed by atoms with E-state index in [-0.39, 0.29) is 17.4 Å². The number of carbonyl (C=O) groups is 1. The van der Waals surface area contributed by atoms with Crippen molar-refractivity contribution in [3.8, 4) is 0 Å². The van der Waals surface area contributed by atoms with Gasteiger partial charge in [0.25, 0.3) is 5.56 Å². The minimum absolute atomic E-state index is 0.0854. The molecule has 1 aromatic heterocycles. The Morgan fingerprint density at radius 3 is 2.75 bits per heavy atom. The lowest BCUT2D eigenvalue weighted by molar-refractivity contribution is -0.120. The van der Waals surface area contributed by atoms with Crippen LogP contribution in [0.2, 0.25) is 0 Å². The Labute approximate surface area is 121 Å². The minimum Gasteiger partial charge on any atom is -0.302 e. The standard InChI is InChI=1S/C15H18N2O2S/c1-4-9(2)10(3)13(18)16-15-17-14(19)11-7-5-6-8-12(11)20-15/h5-10H,4H2,1-3H3,(H,16,17,18,19)/t9-,10-/m1/s1. The molecule has 0 aliphatic rings. The van der Waals surface area contributed by atoms with Gasteiger partial charge in [0.1, 0.15) is 0 Å². The maximum absolute atomic E-state index is 12.1. The molecule has 1 aromatic carbocycles. The summed E-state index contributed by atoms with van der Waals surface area (Å²) in [5, 5.41) is 3.72. The number of anilines is 1. The van der Waals surface area contributed by atoms with E-state index in [2.05, 4.69) is 17.2 Å². The number of hydrogen-bond acceptors (Lipinski definition) is 4. The molecule has 2 rings (SSSR count). The Morgan fingerprint density at radius 1 is 1.35 bits per heavy atom. The van der Waals surface area contributed by atoms with Gasteiger partial charge in [0.05, 0.1) is 5.39 Å². The van der Waals surface area contributed by atoms with Crippen LogP contribution in [-0.2, 0) is 4.79 Å². The number of nitrogens with one attached hydrogen (secondary N) is 1. The van der Waals surface area contributed by atoms with Gasteiger partial charge in [-0.3, -0.25) is 9.59 Å². The maximum atomic E-state index is 12.1. The lowest BCUT2D eigenvalue weighted by atomic mass is 9.93. The molecule has 0 unspecified atom stereocenters. The number of carbonyl (C=O) groups excluding carboxylic acids is 1. The summed E-state index contributed by atoms with van der Waals surface area (Å²) in [6.45, 7) is 5.99. The van der Waals surface area contributed by atoms with Crippen LogP contribution in [0.3, 0.4) is 0 Å². The molecule has 0 fully saturated rings. The molecule has 0 aliphatic heterocycles. The van der Waals surface area contributed by atoms with Crippen LogP contribution in [0.15, 0.2) is 29.1 Å². The topological polar surface area (TPSA) is 59.1 Å². The molecule has 0 bridgehead atoms. The molecular weight excluding hydrogens is 272 g/mol. The second-order valence-electron chi connectivity index (χ2n) is 4.98. The second kappa shape index (κ2) is 6.13. The molecule has 0 spiro atoms. The van der Waals surface area contributed by atoms with Crippen molar-refractivity contribution in [3.63, 3.8) is 0 Å². The van der Waals surface area contributed by atoms with Crippen molar-refractivity contribution in [1.29, 1.82) is 0 Å². The summed E-state index contributed by atoms with van der Waals surface area (Å²) in [5.41, 5.74) is -0.300. The van der Waals surface area contributed by atoms with E-state index in [4.69, 9.17) is 0 Å². The van der Waals surface area contributed by atoms with E-state index in [0.717, 1.165) is 11.1 Å². The van der Waals surface area contributed by atoms with Crippen molar-refractivity contribution in [3.05, 3.63) is 34.6 Å². The SMILES string of the molecule is CC[C@@H](C)[C@@H](C)C(=O)Nc1nc(=O)c2ccccc2s1. The molecule has 0 radical (unpaired) electrons. The lowest BCUT2D eigenvalue weighted by Crippen LogP contribution is -2.26. The fourth-order valence-electron chi connectivity index (χ4n) is 1.90. The van der Waals surface area contributed by atoms with Crippen LogP contribution in [0.4, 0.5) is 5.13 Å². The summed E-state index contributed by atoms with van der Waals surface area (Å²) in [5.74, 6) is 0.112. The Hall–Kier alpha value is -1.75. The van der Waals surface area contributed by atoms with Crippen LogP contribution in [-0.4, -0.2) is 10.9 Å². The third kappa shape index (κ3) is 3.04. The monoisotopic (exact) mass is 290 g/mol. The zero-order valence-electron chi connectivity index (χ0n) is 11.8. The number of amides is 1. The predicted octanol–water partition coefficient (Wildman–Crippen LogP) is 3.28. The zero-order valence-corrected chi connectivity index (χ0v) is 12.7. The summed E-state index contributed by atoms with van der Waals surface area (Å²) >= 11 is 1.32. The average Bonchev–Trinajstić information content (AvgIpc) is 2.45. The molecule has 106 valence electrons.